The molecule has 3 aromatic rings. The first-order valence-corrected chi connectivity index (χ1v) is 9.75. The first-order valence-electron chi connectivity index (χ1n) is 9.75. The molecule has 2 N–H and O–H groups in total. The van der Waals surface area contributed by atoms with Crippen LogP contribution in [0.1, 0.15) is 16.7 Å². The van der Waals surface area contributed by atoms with E-state index in [2.05, 4.69) is 10.1 Å². The molecule has 0 saturated carbocycles. The minimum Gasteiger partial charge on any atom is -0.482 e. The molecule has 0 aromatic heterocycles. The van der Waals surface area contributed by atoms with E-state index in [0.29, 0.717) is 23.4 Å². The second kappa shape index (κ2) is 9.64. The van der Waals surface area contributed by atoms with Crippen molar-refractivity contribution in [2.24, 2.45) is 0 Å². The Morgan fingerprint density at radius 3 is 2.22 bits per heavy atom. The number of aliphatic carboxylic acids is 1. The third kappa shape index (κ3) is 6.41. The quantitative estimate of drug-likeness (QED) is 0.449. The van der Waals surface area contributed by atoms with Gasteiger partial charge in [-0.1, -0.05) is 18.2 Å². The summed E-state index contributed by atoms with van der Waals surface area (Å²) in [4.78, 5) is 10.6. The molecule has 0 saturated heterocycles. The van der Waals surface area contributed by atoms with Crippen LogP contribution in [0.15, 0.2) is 60.7 Å². The molecule has 0 spiro atoms. The van der Waals surface area contributed by atoms with E-state index >= 15 is 0 Å². The molecular weight excluding hydrogens is 423 g/mol. The van der Waals surface area contributed by atoms with Crippen molar-refractivity contribution in [1.29, 1.82) is 0 Å². The molecular formula is C24H22F3NO4. The summed E-state index contributed by atoms with van der Waals surface area (Å²) >= 11 is 0. The minimum atomic E-state index is -4.73. The first-order chi connectivity index (χ1) is 15.1. The van der Waals surface area contributed by atoms with Crippen molar-refractivity contribution in [3.8, 4) is 22.6 Å². The van der Waals surface area contributed by atoms with Crippen molar-refractivity contribution < 1.29 is 32.5 Å². The zero-order valence-corrected chi connectivity index (χ0v) is 17.5. The van der Waals surface area contributed by atoms with Gasteiger partial charge in [0.05, 0.1) is 0 Å². The molecule has 0 atom stereocenters. The summed E-state index contributed by atoms with van der Waals surface area (Å²) in [6.45, 7) is 3.63. The van der Waals surface area contributed by atoms with Crippen molar-refractivity contribution in [1.82, 2.24) is 0 Å². The summed E-state index contributed by atoms with van der Waals surface area (Å²) in [5.74, 6) is -0.811. The van der Waals surface area contributed by atoms with Crippen LogP contribution in [-0.2, 0) is 11.3 Å². The maximum absolute atomic E-state index is 12.5. The predicted octanol–water partition coefficient (Wildman–Crippen LogP) is 5.94. The monoisotopic (exact) mass is 445 g/mol. The van der Waals surface area contributed by atoms with Crippen LogP contribution in [0.2, 0.25) is 0 Å². The lowest BCUT2D eigenvalue weighted by molar-refractivity contribution is -0.274. The van der Waals surface area contributed by atoms with Gasteiger partial charge in [-0.3, -0.25) is 0 Å². The van der Waals surface area contributed by atoms with Crippen molar-refractivity contribution >= 4 is 11.7 Å². The van der Waals surface area contributed by atoms with E-state index in [1.165, 1.54) is 12.1 Å². The predicted molar refractivity (Wildman–Crippen MR) is 115 cm³/mol. The van der Waals surface area contributed by atoms with Crippen LogP contribution >= 0.6 is 0 Å². The number of ether oxygens (including phenoxy) is 2. The van der Waals surface area contributed by atoms with Gasteiger partial charge in [0, 0.05) is 12.2 Å². The van der Waals surface area contributed by atoms with Gasteiger partial charge in [0.2, 0.25) is 0 Å². The fourth-order valence-corrected chi connectivity index (χ4v) is 3.43. The molecule has 0 heterocycles. The van der Waals surface area contributed by atoms with Crippen molar-refractivity contribution in [3.05, 3.63) is 77.4 Å². The van der Waals surface area contributed by atoms with Gasteiger partial charge >= 0.3 is 12.3 Å². The second-order valence-electron chi connectivity index (χ2n) is 7.24. The number of benzene rings is 3. The summed E-state index contributed by atoms with van der Waals surface area (Å²) in [6, 6.07) is 17.4. The highest BCUT2D eigenvalue weighted by Crippen LogP contribution is 2.33. The number of hydrogen-bond acceptors (Lipinski definition) is 4. The Balaban J connectivity index is 1.71. The molecule has 0 amide bonds. The molecule has 0 aliphatic carbocycles. The van der Waals surface area contributed by atoms with Gasteiger partial charge in [0.15, 0.2) is 6.61 Å². The summed E-state index contributed by atoms with van der Waals surface area (Å²) in [6.07, 6.45) is -4.73. The van der Waals surface area contributed by atoms with E-state index in [-0.39, 0.29) is 5.75 Å². The molecule has 0 aliphatic heterocycles. The van der Waals surface area contributed by atoms with Crippen molar-refractivity contribution in [2.45, 2.75) is 26.8 Å². The molecule has 168 valence electrons. The topological polar surface area (TPSA) is 67.8 Å². The van der Waals surface area contributed by atoms with Gasteiger partial charge in [0.1, 0.15) is 11.5 Å². The number of hydrogen-bond donors (Lipinski definition) is 2. The molecule has 3 rings (SSSR count). The van der Waals surface area contributed by atoms with Crippen LogP contribution in [0.25, 0.3) is 11.1 Å². The molecule has 0 fully saturated rings. The van der Waals surface area contributed by atoms with E-state index in [9.17, 15) is 18.0 Å². The second-order valence-corrected chi connectivity index (χ2v) is 7.24. The van der Waals surface area contributed by atoms with Crippen molar-refractivity contribution in [3.63, 3.8) is 0 Å². The molecule has 8 heteroatoms. The summed E-state index contributed by atoms with van der Waals surface area (Å²) in [5, 5.41) is 11.9. The Morgan fingerprint density at radius 2 is 1.62 bits per heavy atom. The maximum atomic E-state index is 12.5. The highest BCUT2D eigenvalue weighted by Gasteiger charge is 2.31. The van der Waals surface area contributed by atoms with Crippen LogP contribution in [-0.4, -0.2) is 24.0 Å². The van der Waals surface area contributed by atoms with Gasteiger partial charge in [0.25, 0.3) is 0 Å². The van der Waals surface area contributed by atoms with Gasteiger partial charge in [-0.2, -0.15) is 0 Å². The number of rotatable bonds is 8. The Bertz CT molecular complexity index is 1070. The maximum Gasteiger partial charge on any atom is 0.573 e. The van der Waals surface area contributed by atoms with Gasteiger partial charge < -0.3 is 19.9 Å². The fourth-order valence-electron chi connectivity index (χ4n) is 3.43. The Hall–Kier alpha value is -3.68. The Morgan fingerprint density at radius 1 is 0.969 bits per heavy atom. The first kappa shape index (κ1) is 23.0. The highest BCUT2D eigenvalue weighted by molar-refractivity contribution is 5.72. The average Bonchev–Trinajstić information content (AvgIpc) is 2.70. The lowest BCUT2D eigenvalue weighted by Crippen LogP contribution is -2.17. The van der Waals surface area contributed by atoms with Gasteiger partial charge in [-0.25, -0.2) is 4.79 Å². The zero-order chi connectivity index (χ0) is 23.3. The fraction of sp³-hybridized carbons (Fsp3) is 0.208. The third-order valence-electron chi connectivity index (χ3n) is 4.67. The summed E-state index contributed by atoms with van der Waals surface area (Å²) < 4.78 is 46.8. The van der Waals surface area contributed by atoms with Crippen LogP contribution in [0.4, 0.5) is 18.9 Å². The number of carboxylic acid groups (broad SMARTS) is 1. The standard InChI is InChI=1S/C24H22F3NO4/c1-15-10-21(32-24(25,26)27)11-16(2)23(15)18-5-3-4-17(12-18)13-28-19-6-8-20(9-7-19)31-14-22(29)30/h3-12,28H,13-14H2,1-2H3,(H,29,30). The number of aryl methyl sites for hydroxylation is 2. The van der Waals surface area contributed by atoms with E-state index < -0.39 is 18.9 Å². The van der Waals surface area contributed by atoms with Crippen LogP contribution in [0.3, 0.4) is 0 Å². The van der Waals surface area contributed by atoms with Crippen LogP contribution in [0, 0.1) is 13.8 Å². The average molecular weight is 445 g/mol. The Labute approximate surface area is 183 Å². The lowest BCUT2D eigenvalue weighted by atomic mass is 9.94. The highest BCUT2D eigenvalue weighted by atomic mass is 19.4. The van der Waals surface area contributed by atoms with Gasteiger partial charge in [-0.15, -0.1) is 13.2 Å². The number of alkyl halides is 3. The molecule has 5 nitrogen and oxygen atoms in total. The lowest BCUT2D eigenvalue weighted by Gasteiger charge is -2.16. The molecule has 32 heavy (non-hydrogen) atoms. The molecule has 0 bridgehead atoms. The van der Waals surface area contributed by atoms with E-state index in [0.717, 1.165) is 22.4 Å². The SMILES string of the molecule is Cc1cc(OC(F)(F)F)cc(C)c1-c1cccc(CNc2ccc(OCC(=O)O)cc2)c1. The van der Waals surface area contributed by atoms with Gasteiger partial charge in [-0.05, 0) is 84.1 Å². The largest absolute Gasteiger partial charge is 0.573 e. The van der Waals surface area contributed by atoms with E-state index in [4.69, 9.17) is 9.84 Å². The third-order valence-corrected chi connectivity index (χ3v) is 4.67. The number of nitrogens with one attached hydrogen (secondary N) is 1. The normalized spacial score (nSPS) is 11.2. The van der Waals surface area contributed by atoms with Crippen LogP contribution < -0.4 is 14.8 Å². The van der Waals surface area contributed by atoms with Crippen LogP contribution in [0.5, 0.6) is 11.5 Å². The zero-order valence-electron chi connectivity index (χ0n) is 17.5. The molecule has 3 aromatic carbocycles. The molecule has 0 unspecified atom stereocenters. The van der Waals surface area contributed by atoms with Crippen molar-refractivity contribution in [2.75, 3.05) is 11.9 Å². The number of carbonyl (C=O) groups is 1. The van der Waals surface area contributed by atoms with E-state index in [1.54, 1.807) is 38.1 Å². The molecule has 0 radical (unpaired) electrons. The number of halogens is 3. The number of carboxylic acids is 1. The minimum absolute atomic E-state index is 0.232. The van der Waals surface area contributed by atoms with E-state index in [1.807, 2.05) is 24.3 Å². The summed E-state index contributed by atoms with van der Waals surface area (Å²) in [5.41, 5.74) is 4.96. The summed E-state index contributed by atoms with van der Waals surface area (Å²) in [7, 11) is 0. The Kier molecular flexibility index (Phi) is 6.92. The molecule has 0 aliphatic rings. The number of anilines is 1. The smallest absolute Gasteiger partial charge is 0.482 e.